The average Bonchev–Trinajstić information content (AvgIpc) is 2.53. The number of nitrogens with zero attached hydrogens (tertiary/aromatic N) is 1. The van der Waals surface area contributed by atoms with Crippen molar-refractivity contribution < 1.29 is 18.0 Å². The molecule has 1 atom stereocenters. The molecule has 0 fully saturated rings. The number of anilines is 1. The van der Waals surface area contributed by atoms with E-state index in [1.54, 1.807) is 7.05 Å². The maximum Gasteiger partial charge on any atom is 0.241 e. The van der Waals surface area contributed by atoms with Crippen LogP contribution in [-0.4, -0.2) is 51.3 Å². The Morgan fingerprint density at radius 2 is 1.74 bits per heavy atom. The van der Waals surface area contributed by atoms with E-state index < -0.39 is 16.1 Å². The van der Waals surface area contributed by atoms with Crippen molar-refractivity contribution in [3.63, 3.8) is 0 Å². The molecule has 1 aromatic rings. The Labute approximate surface area is 167 Å². The minimum Gasteiger partial charge on any atom is -0.344 e. The second-order valence-electron chi connectivity index (χ2n) is 7.11. The summed E-state index contributed by atoms with van der Waals surface area (Å²) in [7, 11) is -2.25. The molecule has 0 heterocycles. The van der Waals surface area contributed by atoms with E-state index in [4.69, 9.17) is 5.73 Å². The predicted octanol–water partition coefficient (Wildman–Crippen LogP) is 1.18. The molecule has 0 aliphatic carbocycles. The maximum absolute atomic E-state index is 12.5. The molecule has 0 radical (unpaired) electrons. The van der Waals surface area contributed by atoms with Crippen molar-refractivity contribution >= 4 is 39.9 Å². The molecule has 0 aliphatic rings. The molecule has 1 aromatic carbocycles. The number of nitrogens with two attached hydrogens (primary N) is 1. The summed E-state index contributed by atoms with van der Waals surface area (Å²) in [5, 5.41) is 2.56. The Morgan fingerprint density at radius 3 is 2.19 bits per heavy atom. The largest absolute Gasteiger partial charge is 0.344 e. The zero-order valence-corrected chi connectivity index (χ0v) is 17.9. The molecule has 0 aromatic heterocycles. The van der Waals surface area contributed by atoms with Crippen molar-refractivity contribution in [2.75, 3.05) is 25.5 Å². The predicted molar refractivity (Wildman–Crippen MR) is 108 cm³/mol. The van der Waals surface area contributed by atoms with Gasteiger partial charge in [0.15, 0.2) is 0 Å². The number of rotatable bonds is 8. The standard InChI is InChI=1S/C17H28N4O4S.ClH/c1-12(16(23)21(5)11-17(3,4)10-18)20-26(24,25)15-8-6-14(7-9-15)19-13(2)22;/h6-9,12,20H,10-11,18H2,1-5H3,(H,19,22);1H. The summed E-state index contributed by atoms with van der Waals surface area (Å²) in [6.45, 7) is 7.55. The molecule has 0 saturated carbocycles. The number of likely N-dealkylation sites (N-methyl/N-ethyl adjacent to an activating group) is 1. The number of hydrogen-bond acceptors (Lipinski definition) is 5. The number of benzene rings is 1. The SMILES string of the molecule is CC(=O)Nc1ccc(S(=O)(=O)NC(C)C(=O)N(C)CC(C)(C)CN)cc1.Cl. The van der Waals surface area contributed by atoms with Crippen LogP contribution in [0.2, 0.25) is 0 Å². The Morgan fingerprint density at radius 1 is 1.22 bits per heavy atom. The Balaban J connectivity index is 0.00000676. The lowest BCUT2D eigenvalue weighted by molar-refractivity contribution is -0.132. The first-order valence-electron chi connectivity index (χ1n) is 8.23. The monoisotopic (exact) mass is 420 g/mol. The van der Waals surface area contributed by atoms with Crippen LogP contribution < -0.4 is 15.8 Å². The summed E-state index contributed by atoms with van der Waals surface area (Å²) in [5.41, 5.74) is 5.90. The van der Waals surface area contributed by atoms with Gasteiger partial charge in [0.1, 0.15) is 0 Å². The van der Waals surface area contributed by atoms with Gasteiger partial charge in [-0.25, -0.2) is 8.42 Å². The van der Waals surface area contributed by atoms with Gasteiger partial charge in [-0.1, -0.05) is 13.8 Å². The Kier molecular flexibility index (Phi) is 9.40. The van der Waals surface area contributed by atoms with Crippen molar-refractivity contribution in [1.29, 1.82) is 0 Å². The molecule has 0 saturated heterocycles. The lowest BCUT2D eigenvalue weighted by Crippen LogP contribution is -2.48. The van der Waals surface area contributed by atoms with Crippen LogP contribution in [0.5, 0.6) is 0 Å². The van der Waals surface area contributed by atoms with Gasteiger partial charge < -0.3 is 16.0 Å². The van der Waals surface area contributed by atoms with Gasteiger partial charge in [-0.2, -0.15) is 4.72 Å². The van der Waals surface area contributed by atoms with Crippen LogP contribution in [0.4, 0.5) is 5.69 Å². The second kappa shape index (κ2) is 10.0. The third-order valence-electron chi connectivity index (χ3n) is 3.78. The van der Waals surface area contributed by atoms with Crippen molar-refractivity contribution in [2.45, 2.75) is 38.6 Å². The fourth-order valence-corrected chi connectivity index (χ4v) is 3.58. The molecule has 1 unspecified atom stereocenters. The molecule has 0 aliphatic heterocycles. The van der Waals surface area contributed by atoms with E-state index >= 15 is 0 Å². The van der Waals surface area contributed by atoms with Gasteiger partial charge in [-0.3, -0.25) is 9.59 Å². The number of halogens is 1. The number of carbonyl (C=O) groups excluding carboxylic acids is 2. The highest BCUT2D eigenvalue weighted by Crippen LogP contribution is 2.16. The van der Waals surface area contributed by atoms with Crippen LogP contribution in [0.3, 0.4) is 0 Å². The highest BCUT2D eigenvalue weighted by molar-refractivity contribution is 7.89. The van der Waals surface area contributed by atoms with Gasteiger partial charge in [0, 0.05) is 26.2 Å². The van der Waals surface area contributed by atoms with E-state index in [9.17, 15) is 18.0 Å². The zero-order valence-electron chi connectivity index (χ0n) is 16.3. The average molecular weight is 421 g/mol. The summed E-state index contributed by atoms with van der Waals surface area (Å²) in [4.78, 5) is 24.9. The highest BCUT2D eigenvalue weighted by Gasteiger charge is 2.27. The maximum atomic E-state index is 12.5. The minimum absolute atomic E-state index is 0. The van der Waals surface area contributed by atoms with E-state index in [1.807, 2.05) is 13.8 Å². The van der Waals surface area contributed by atoms with E-state index in [0.717, 1.165) is 0 Å². The van der Waals surface area contributed by atoms with Crippen molar-refractivity contribution in [3.05, 3.63) is 24.3 Å². The number of amides is 2. The van der Waals surface area contributed by atoms with Crippen LogP contribution >= 0.6 is 12.4 Å². The number of carbonyl (C=O) groups is 2. The quantitative estimate of drug-likeness (QED) is 0.582. The van der Waals surface area contributed by atoms with Crippen LogP contribution in [0.1, 0.15) is 27.7 Å². The molecular weight excluding hydrogens is 392 g/mol. The highest BCUT2D eigenvalue weighted by atomic mass is 35.5. The first-order valence-corrected chi connectivity index (χ1v) is 9.71. The van der Waals surface area contributed by atoms with Crippen molar-refractivity contribution in [3.8, 4) is 0 Å². The van der Waals surface area contributed by atoms with Crippen LogP contribution in [-0.2, 0) is 19.6 Å². The topological polar surface area (TPSA) is 122 Å². The van der Waals surface area contributed by atoms with Gasteiger partial charge in [0.05, 0.1) is 10.9 Å². The Bertz CT molecular complexity index is 751. The summed E-state index contributed by atoms with van der Waals surface area (Å²) < 4.78 is 27.3. The molecule has 1 rings (SSSR count). The van der Waals surface area contributed by atoms with E-state index in [1.165, 1.54) is 43.0 Å². The first kappa shape index (κ1) is 25.3. The molecule has 27 heavy (non-hydrogen) atoms. The van der Waals surface area contributed by atoms with Gasteiger partial charge in [0.25, 0.3) is 0 Å². The summed E-state index contributed by atoms with van der Waals surface area (Å²) in [6.07, 6.45) is 0. The normalized spacial score (nSPS) is 12.7. The lowest BCUT2D eigenvalue weighted by Gasteiger charge is -2.30. The molecule has 2 amide bonds. The Hall–Kier alpha value is -1.68. The number of sulfonamides is 1. The second-order valence-corrected chi connectivity index (χ2v) is 8.83. The fraction of sp³-hybridized carbons (Fsp3) is 0.529. The van der Waals surface area contributed by atoms with Gasteiger partial charge in [-0.05, 0) is 43.1 Å². The smallest absolute Gasteiger partial charge is 0.241 e. The van der Waals surface area contributed by atoms with Gasteiger partial charge >= 0.3 is 0 Å². The molecule has 154 valence electrons. The molecule has 8 nitrogen and oxygen atoms in total. The molecule has 0 spiro atoms. The summed E-state index contributed by atoms with van der Waals surface area (Å²) in [6, 6.07) is 4.78. The first-order chi connectivity index (χ1) is 11.9. The lowest BCUT2D eigenvalue weighted by atomic mass is 9.93. The minimum atomic E-state index is -3.87. The molecule has 0 bridgehead atoms. The third-order valence-corrected chi connectivity index (χ3v) is 5.34. The summed E-state index contributed by atoms with van der Waals surface area (Å²) in [5.74, 6) is -0.591. The summed E-state index contributed by atoms with van der Waals surface area (Å²) >= 11 is 0. The van der Waals surface area contributed by atoms with Crippen LogP contribution in [0.25, 0.3) is 0 Å². The number of hydrogen-bond donors (Lipinski definition) is 3. The zero-order chi connectivity index (χ0) is 20.1. The number of nitrogens with one attached hydrogen (secondary N) is 2. The van der Waals surface area contributed by atoms with E-state index in [2.05, 4.69) is 10.0 Å². The van der Waals surface area contributed by atoms with Crippen LogP contribution in [0, 0.1) is 5.41 Å². The molecule has 4 N–H and O–H groups in total. The van der Waals surface area contributed by atoms with E-state index in [-0.39, 0.29) is 34.5 Å². The van der Waals surface area contributed by atoms with Gasteiger partial charge in [-0.15, -0.1) is 12.4 Å². The van der Waals surface area contributed by atoms with Crippen molar-refractivity contribution in [1.82, 2.24) is 9.62 Å². The van der Waals surface area contributed by atoms with Crippen molar-refractivity contribution in [2.24, 2.45) is 11.1 Å². The van der Waals surface area contributed by atoms with Gasteiger partial charge in [0.2, 0.25) is 21.8 Å². The molecular formula is C17H29ClN4O4S. The van der Waals surface area contributed by atoms with E-state index in [0.29, 0.717) is 18.8 Å². The molecule has 10 heteroatoms. The van der Waals surface area contributed by atoms with Crippen LogP contribution in [0.15, 0.2) is 29.2 Å². The fourth-order valence-electron chi connectivity index (χ4n) is 2.39. The third kappa shape index (κ3) is 7.84.